The number of carbonyl (C=O) groups is 2. The van der Waals surface area contributed by atoms with Gasteiger partial charge in [-0.05, 0) is 12.8 Å². The molecule has 0 radical (unpaired) electrons. The van der Waals surface area contributed by atoms with Gasteiger partial charge in [-0.3, -0.25) is 4.79 Å². The van der Waals surface area contributed by atoms with Crippen molar-refractivity contribution in [2.75, 3.05) is 6.61 Å². The van der Waals surface area contributed by atoms with Crippen LogP contribution in [0.3, 0.4) is 0 Å². The number of rotatable bonds is 6. The predicted octanol–water partition coefficient (Wildman–Crippen LogP) is -0.0157. The zero-order valence-corrected chi connectivity index (χ0v) is 8.49. The minimum absolute atomic E-state index is 0.177. The van der Waals surface area contributed by atoms with Crippen molar-refractivity contribution in [3.8, 4) is 0 Å². The standard InChI is InChI=1S/C9H17NO4/c1-3-6(4-2)8(12)10-7(5-11)9(13)14/h6-7,11H,3-5H2,1-2H3,(H,10,12)(H,13,14)/t7-/m0/s1. The highest BCUT2D eigenvalue weighted by Crippen LogP contribution is 2.07. The molecule has 0 saturated heterocycles. The minimum atomic E-state index is -1.22. The van der Waals surface area contributed by atoms with Crippen LogP contribution in [0.2, 0.25) is 0 Å². The molecule has 0 spiro atoms. The fraction of sp³-hybridized carbons (Fsp3) is 0.778. The van der Waals surface area contributed by atoms with Gasteiger partial charge in [0.25, 0.3) is 0 Å². The van der Waals surface area contributed by atoms with E-state index < -0.39 is 18.6 Å². The lowest BCUT2D eigenvalue weighted by Gasteiger charge is -2.16. The van der Waals surface area contributed by atoms with E-state index in [-0.39, 0.29) is 11.8 Å². The van der Waals surface area contributed by atoms with E-state index in [1.165, 1.54) is 0 Å². The number of aliphatic hydroxyl groups excluding tert-OH is 1. The summed E-state index contributed by atoms with van der Waals surface area (Å²) in [5.74, 6) is -1.70. The summed E-state index contributed by atoms with van der Waals surface area (Å²) in [5, 5.41) is 19.5. The molecule has 0 rings (SSSR count). The third-order valence-electron chi connectivity index (χ3n) is 2.15. The molecule has 0 saturated carbocycles. The topological polar surface area (TPSA) is 86.6 Å². The van der Waals surface area contributed by atoms with Crippen molar-refractivity contribution in [1.29, 1.82) is 0 Å². The Kier molecular flexibility index (Phi) is 5.87. The monoisotopic (exact) mass is 203 g/mol. The van der Waals surface area contributed by atoms with E-state index in [9.17, 15) is 9.59 Å². The molecular formula is C9H17NO4. The second kappa shape index (κ2) is 6.37. The number of carboxylic acid groups (broad SMARTS) is 1. The second-order valence-electron chi connectivity index (χ2n) is 3.10. The molecule has 1 atom stereocenters. The molecule has 14 heavy (non-hydrogen) atoms. The Morgan fingerprint density at radius 1 is 1.29 bits per heavy atom. The fourth-order valence-corrected chi connectivity index (χ4v) is 1.13. The van der Waals surface area contributed by atoms with Gasteiger partial charge in [-0.25, -0.2) is 4.79 Å². The van der Waals surface area contributed by atoms with E-state index >= 15 is 0 Å². The summed E-state index contributed by atoms with van der Waals surface area (Å²) in [6, 6.07) is -1.19. The van der Waals surface area contributed by atoms with Gasteiger partial charge in [0.05, 0.1) is 6.61 Å². The van der Waals surface area contributed by atoms with Crippen LogP contribution in [0.4, 0.5) is 0 Å². The maximum absolute atomic E-state index is 11.4. The highest BCUT2D eigenvalue weighted by Gasteiger charge is 2.22. The van der Waals surface area contributed by atoms with Crippen LogP contribution in [-0.2, 0) is 9.59 Å². The number of carbonyl (C=O) groups excluding carboxylic acids is 1. The lowest BCUT2D eigenvalue weighted by Crippen LogP contribution is -2.45. The Morgan fingerprint density at radius 2 is 1.79 bits per heavy atom. The van der Waals surface area contributed by atoms with Crippen LogP contribution in [0.1, 0.15) is 26.7 Å². The fourth-order valence-electron chi connectivity index (χ4n) is 1.13. The molecule has 0 aliphatic rings. The summed E-state index contributed by atoms with van der Waals surface area (Å²) >= 11 is 0. The van der Waals surface area contributed by atoms with Crippen LogP contribution in [-0.4, -0.2) is 34.7 Å². The highest BCUT2D eigenvalue weighted by molar-refractivity contribution is 5.84. The number of hydrogen-bond donors (Lipinski definition) is 3. The summed E-state index contributed by atoms with van der Waals surface area (Å²) < 4.78 is 0. The maximum Gasteiger partial charge on any atom is 0.328 e. The van der Waals surface area contributed by atoms with Crippen LogP contribution in [0, 0.1) is 5.92 Å². The largest absolute Gasteiger partial charge is 0.480 e. The first-order valence-electron chi connectivity index (χ1n) is 4.70. The van der Waals surface area contributed by atoms with Crippen LogP contribution < -0.4 is 5.32 Å². The molecule has 0 aliphatic heterocycles. The molecule has 1 amide bonds. The molecule has 0 aliphatic carbocycles. The molecular weight excluding hydrogens is 186 g/mol. The number of hydrogen-bond acceptors (Lipinski definition) is 3. The average Bonchev–Trinajstić information content (AvgIpc) is 2.15. The van der Waals surface area contributed by atoms with E-state index in [2.05, 4.69) is 5.32 Å². The first-order chi connectivity index (χ1) is 6.56. The lowest BCUT2D eigenvalue weighted by atomic mass is 10.0. The van der Waals surface area contributed by atoms with Crippen LogP contribution in [0.5, 0.6) is 0 Å². The third kappa shape index (κ3) is 3.74. The zero-order valence-electron chi connectivity index (χ0n) is 8.49. The van der Waals surface area contributed by atoms with Crippen LogP contribution in [0.25, 0.3) is 0 Å². The van der Waals surface area contributed by atoms with E-state index in [4.69, 9.17) is 10.2 Å². The molecule has 0 aromatic heterocycles. The Labute approximate surface area is 83.1 Å². The first kappa shape index (κ1) is 12.9. The molecule has 3 N–H and O–H groups in total. The first-order valence-corrected chi connectivity index (χ1v) is 4.70. The highest BCUT2D eigenvalue weighted by atomic mass is 16.4. The van der Waals surface area contributed by atoms with E-state index in [0.717, 1.165) is 0 Å². The van der Waals surface area contributed by atoms with Gasteiger partial charge in [0.1, 0.15) is 6.04 Å². The third-order valence-corrected chi connectivity index (χ3v) is 2.15. The van der Waals surface area contributed by atoms with Gasteiger partial charge in [0, 0.05) is 5.92 Å². The molecule has 0 fully saturated rings. The summed E-state index contributed by atoms with van der Waals surface area (Å²) in [5.41, 5.74) is 0. The normalized spacial score (nSPS) is 12.6. The molecule has 82 valence electrons. The maximum atomic E-state index is 11.4. The summed E-state index contributed by atoms with van der Waals surface area (Å²) in [6.07, 6.45) is 1.33. The number of carboxylic acids is 1. The number of amides is 1. The van der Waals surface area contributed by atoms with Crippen molar-refractivity contribution in [2.45, 2.75) is 32.7 Å². The lowest BCUT2D eigenvalue weighted by molar-refractivity contribution is -0.143. The summed E-state index contributed by atoms with van der Waals surface area (Å²) in [7, 11) is 0. The van der Waals surface area contributed by atoms with Gasteiger partial charge in [0.2, 0.25) is 5.91 Å². The molecule has 0 bridgehead atoms. The van der Waals surface area contributed by atoms with E-state index in [1.54, 1.807) is 0 Å². The predicted molar refractivity (Wildman–Crippen MR) is 50.7 cm³/mol. The van der Waals surface area contributed by atoms with Crippen molar-refractivity contribution in [2.24, 2.45) is 5.92 Å². The number of nitrogens with one attached hydrogen (secondary N) is 1. The Bertz CT molecular complexity index is 201. The van der Waals surface area contributed by atoms with Gasteiger partial charge >= 0.3 is 5.97 Å². The quantitative estimate of drug-likeness (QED) is 0.566. The summed E-state index contributed by atoms with van der Waals surface area (Å²) in [6.45, 7) is 3.14. The molecule has 0 aromatic carbocycles. The van der Waals surface area contributed by atoms with Gasteiger partial charge in [-0.2, -0.15) is 0 Å². The van der Waals surface area contributed by atoms with Crippen molar-refractivity contribution in [3.05, 3.63) is 0 Å². The molecule has 0 heterocycles. The Balaban J connectivity index is 4.20. The molecule has 0 unspecified atom stereocenters. The van der Waals surface area contributed by atoms with Crippen molar-refractivity contribution < 1.29 is 19.8 Å². The zero-order chi connectivity index (χ0) is 11.1. The molecule has 0 aromatic rings. The van der Waals surface area contributed by atoms with Gasteiger partial charge < -0.3 is 15.5 Å². The van der Waals surface area contributed by atoms with Crippen molar-refractivity contribution in [3.63, 3.8) is 0 Å². The number of aliphatic carboxylic acids is 1. The molecule has 5 heteroatoms. The van der Waals surface area contributed by atoms with Crippen molar-refractivity contribution in [1.82, 2.24) is 5.32 Å². The molecule has 5 nitrogen and oxygen atoms in total. The number of aliphatic hydroxyl groups is 1. The van der Waals surface area contributed by atoms with Gasteiger partial charge in [-0.1, -0.05) is 13.8 Å². The SMILES string of the molecule is CCC(CC)C(=O)N[C@@H](CO)C(=O)O. The van der Waals surface area contributed by atoms with Crippen LogP contribution in [0.15, 0.2) is 0 Å². The van der Waals surface area contributed by atoms with Crippen LogP contribution >= 0.6 is 0 Å². The van der Waals surface area contributed by atoms with E-state index in [0.29, 0.717) is 12.8 Å². The smallest absolute Gasteiger partial charge is 0.328 e. The second-order valence-corrected chi connectivity index (χ2v) is 3.10. The van der Waals surface area contributed by atoms with Gasteiger partial charge in [0.15, 0.2) is 0 Å². The summed E-state index contributed by atoms with van der Waals surface area (Å²) in [4.78, 5) is 21.9. The minimum Gasteiger partial charge on any atom is -0.480 e. The Morgan fingerprint density at radius 3 is 2.07 bits per heavy atom. The van der Waals surface area contributed by atoms with Crippen molar-refractivity contribution >= 4 is 11.9 Å². The average molecular weight is 203 g/mol. The van der Waals surface area contributed by atoms with E-state index in [1.807, 2.05) is 13.8 Å². The Hall–Kier alpha value is -1.10. The van der Waals surface area contributed by atoms with Gasteiger partial charge in [-0.15, -0.1) is 0 Å².